The van der Waals surface area contributed by atoms with Gasteiger partial charge in [0.15, 0.2) is 5.11 Å². The molecule has 0 radical (unpaired) electrons. The maximum absolute atomic E-state index is 6.37. The van der Waals surface area contributed by atoms with E-state index in [9.17, 15) is 0 Å². The second-order valence-electron chi connectivity index (χ2n) is 5.96. The molecule has 0 saturated carbocycles. The largest absolute Gasteiger partial charge is 0.495 e. The molecule has 0 unspecified atom stereocenters. The lowest BCUT2D eigenvalue weighted by atomic mass is 10.0. The van der Waals surface area contributed by atoms with Crippen LogP contribution < -0.4 is 15.0 Å². The summed E-state index contributed by atoms with van der Waals surface area (Å²) in [6.45, 7) is 0. The number of pyridine rings is 1. The lowest BCUT2D eigenvalue weighted by Gasteiger charge is -2.27. The summed E-state index contributed by atoms with van der Waals surface area (Å²) in [6.07, 6.45) is 1.80. The molecule has 1 saturated heterocycles. The molecular formula is C19H15BrClN3OS2. The Kier molecular flexibility index (Phi) is 5.36. The second-order valence-corrected chi connectivity index (χ2v) is 9.25. The Balaban J connectivity index is 1.81. The Morgan fingerprint density at radius 1 is 1.26 bits per heavy atom. The Bertz CT molecular complexity index is 982. The summed E-state index contributed by atoms with van der Waals surface area (Å²) in [6, 6.07) is 15.7. The molecule has 8 heteroatoms. The van der Waals surface area contributed by atoms with Crippen LogP contribution in [0, 0.1) is 0 Å². The van der Waals surface area contributed by atoms with E-state index in [1.54, 1.807) is 24.6 Å². The average Bonchev–Trinajstić information content (AvgIpc) is 3.25. The van der Waals surface area contributed by atoms with Crippen LogP contribution in [0.3, 0.4) is 0 Å². The van der Waals surface area contributed by atoms with E-state index in [1.165, 1.54) is 4.88 Å². The summed E-state index contributed by atoms with van der Waals surface area (Å²) in [7, 11) is 1.60. The number of halogens is 2. The zero-order valence-electron chi connectivity index (χ0n) is 14.2. The SMILES string of the molecule is COc1ccc(N2C(=S)N[C@@H](c3ccccn3)[C@@H]2c2ccc(Br)s2)cc1Cl. The van der Waals surface area contributed by atoms with Crippen molar-refractivity contribution in [1.29, 1.82) is 0 Å². The fourth-order valence-electron chi connectivity index (χ4n) is 3.21. The molecule has 4 nitrogen and oxygen atoms in total. The van der Waals surface area contributed by atoms with E-state index in [1.807, 2.05) is 36.4 Å². The van der Waals surface area contributed by atoms with Crippen LogP contribution in [0.15, 0.2) is 58.5 Å². The number of nitrogens with zero attached hydrogens (tertiary/aromatic N) is 2. The standard InChI is InChI=1S/C19H15BrClN3OS2/c1-25-14-6-5-11(10-12(14)21)24-18(15-7-8-16(20)27-15)17(23-19(24)26)13-4-2-3-9-22-13/h2-10,17-18H,1H3,(H,23,26)/t17-,18-/m0/s1. The molecule has 0 amide bonds. The Hall–Kier alpha value is -1.67. The third-order valence-electron chi connectivity index (χ3n) is 4.40. The number of hydrogen-bond acceptors (Lipinski definition) is 4. The minimum Gasteiger partial charge on any atom is -0.495 e. The monoisotopic (exact) mass is 479 g/mol. The first-order chi connectivity index (χ1) is 13.1. The molecule has 0 spiro atoms. The number of aromatic nitrogens is 1. The minimum atomic E-state index is -0.0647. The number of benzene rings is 1. The van der Waals surface area contributed by atoms with Gasteiger partial charge in [0.25, 0.3) is 0 Å². The van der Waals surface area contributed by atoms with E-state index in [0.717, 1.165) is 15.2 Å². The minimum absolute atomic E-state index is 0.0341. The van der Waals surface area contributed by atoms with Gasteiger partial charge in [-0.3, -0.25) is 4.98 Å². The molecule has 27 heavy (non-hydrogen) atoms. The van der Waals surface area contributed by atoms with E-state index in [-0.39, 0.29) is 12.1 Å². The van der Waals surface area contributed by atoms with Crippen LogP contribution in [-0.4, -0.2) is 17.2 Å². The maximum atomic E-state index is 6.37. The van der Waals surface area contributed by atoms with Gasteiger partial charge >= 0.3 is 0 Å². The van der Waals surface area contributed by atoms with Crippen molar-refractivity contribution in [3.05, 3.63) is 74.1 Å². The predicted octanol–water partition coefficient (Wildman–Crippen LogP) is 5.74. The van der Waals surface area contributed by atoms with Gasteiger partial charge in [0.1, 0.15) is 5.75 Å². The zero-order valence-corrected chi connectivity index (χ0v) is 18.2. The van der Waals surface area contributed by atoms with Crippen molar-refractivity contribution in [1.82, 2.24) is 10.3 Å². The van der Waals surface area contributed by atoms with Crippen LogP contribution >= 0.6 is 51.1 Å². The van der Waals surface area contributed by atoms with E-state index in [2.05, 4.69) is 43.3 Å². The lowest BCUT2D eigenvalue weighted by Crippen LogP contribution is -2.29. The molecule has 2 atom stereocenters. The van der Waals surface area contributed by atoms with Gasteiger partial charge in [0, 0.05) is 16.8 Å². The molecule has 0 aliphatic carbocycles. The summed E-state index contributed by atoms with van der Waals surface area (Å²) in [5.41, 5.74) is 1.85. The number of anilines is 1. The van der Waals surface area contributed by atoms with Gasteiger partial charge < -0.3 is 15.0 Å². The molecular weight excluding hydrogens is 466 g/mol. The van der Waals surface area contributed by atoms with Crippen molar-refractivity contribution in [2.45, 2.75) is 12.1 Å². The Morgan fingerprint density at radius 3 is 2.74 bits per heavy atom. The predicted molar refractivity (Wildman–Crippen MR) is 118 cm³/mol. The first-order valence-electron chi connectivity index (χ1n) is 8.18. The smallest absolute Gasteiger partial charge is 0.174 e. The van der Waals surface area contributed by atoms with E-state index >= 15 is 0 Å². The van der Waals surface area contributed by atoms with Crippen LogP contribution in [0.2, 0.25) is 5.02 Å². The van der Waals surface area contributed by atoms with Crippen LogP contribution in [0.4, 0.5) is 5.69 Å². The van der Waals surface area contributed by atoms with Crippen LogP contribution in [0.25, 0.3) is 0 Å². The molecule has 4 rings (SSSR count). The van der Waals surface area contributed by atoms with E-state index in [0.29, 0.717) is 15.9 Å². The molecule has 3 heterocycles. The van der Waals surface area contributed by atoms with Gasteiger partial charge in [-0.15, -0.1) is 11.3 Å². The third kappa shape index (κ3) is 3.57. The number of ether oxygens (including phenoxy) is 1. The molecule has 2 aromatic heterocycles. The van der Waals surface area contributed by atoms with Crippen LogP contribution in [0.5, 0.6) is 5.75 Å². The summed E-state index contributed by atoms with van der Waals surface area (Å²) < 4.78 is 6.35. The quantitative estimate of drug-likeness (QED) is 0.482. The first-order valence-corrected chi connectivity index (χ1v) is 10.6. The molecule has 3 aromatic rings. The second kappa shape index (κ2) is 7.75. The summed E-state index contributed by atoms with van der Waals surface area (Å²) in [5.74, 6) is 0.634. The van der Waals surface area contributed by atoms with E-state index in [4.69, 9.17) is 28.6 Å². The van der Waals surface area contributed by atoms with Crippen molar-refractivity contribution >= 4 is 61.9 Å². The maximum Gasteiger partial charge on any atom is 0.174 e. The number of hydrogen-bond donors (Lipinski definition) is 1. The van der Waals surface area contributed by atoms with Gasteiger partial charge in [-0.1, -0.05) is 17.7 Å². The molecule has 1 N–H and O–H groups in total. The highest BCUT2D eigenvalue weighted by molar-refractivity contribution is 9.11. The van der Waals surface area contributed by atoms with Crippen LogP contribution in [0.1, 0.15) is 22.7 Å². The molecule has 1 aromatic carbocycles. The number of rotatable bonds is 4. The third-order valence-corrected chi connectivity index (χ3v) is 6.70. The fourth-order valence-corrected chi connectivity index (χ4v) is 5.36. The van der Waals surface area contributed by atoms with Gasteiger partial charge in [-0.25, -0.2) is 0 Å². The van der Waals surface area contributed by atoms with Crippen molar-refractivity contribution < 1.29 is 4.74 Å². The van der Waals surface area contributed by atoms with Crippen molar-refractivity contribution in [2.75, 3.05) is 12.0 Å². The first kappa shape index (κ1) is 18.7. The molecule has 0 bridgehead atoms. The average molecular weight is 481 g/mol. The molecule has 138 valence electrons. The molecule has 1 aliphatic heterocycles. The van der Waals surface area contributed by atoms with Crippen molar-refractivity contribution in [2.24, 2.45) is 0 Å². The molecule has 1 aliphatic rings. The highest BCUT2D eigenvalue weighted by Crippen LogP contribution is 2.45. The van der Waals surface area contributed by atoms with Crippen LogP contribution in [-0.2, 0) is 0 Å². The molecule has 1 fully saturated rings. The highest BCUT2D eigenvalue weighted by Gasteiger charge is 2.41. The fraction of sp³-hybridized carbons (Fsp3) is 0.158. The van der Waals surface area contributed by atoms with E-state index < -0.39 is 0 Å². The number of thiocarbonyl (C=S) groups is 1. The number of methoxy groups -OCH3 is 1. The summed E-state index contributed by atoms with van der Waals surface area (Å²) >= 11 is 17.3. The summed E-state index contributed by atoms with van der Waals surface area (Å²) in [5, 5.41) is 4.62. The van der Waals surface area contributed by atoms with Crippen molar-refractivity contribution in [3.63, 3.8) is 0 Å². The highest BCUT2D eigenvalue weighted by atomic mass is 79.9. The topological polar surface area (TPSA) is 37.4 Å². The zero-order chi connectivity index (χ0) is 19.0. The number of thiophene rings is 1. The normalized spacial score (nSPS) is 19.2. The van der Waals surface area contributed by atoms with Gasteiger partial charge in [0.05, 0.1) is 33.7 Å². The summed E-state index contributed by atoms with van der Waals surface area (Å²) in [4.78, 5) is 7.82. The van der Waals surface area contributed by atoms with Gasteiger partial charge in [-0.05, 0) is 70.6 Å². The van der Waals surface area contributed by atoms with Gasteiger partial charge in [0.2, 0.25) is 0 Å². The lowest BCUT2D eigenvalue weighted by molar-refractivity contribution is 0.415. The van der Waals surface area contributed by atoms with Crippen molar-refractivity contribution in [3.8, 4) is 5.75 Å². The van der Waals surface area contributed by atoms with Gasteiger partial charge in [-0.2, -0.15) is 0 Å². The number of nitrogens with one attached hydrogen (secondary N) is 1. The Labute approximate surface area is 180 Å². The Morgan fingerprint density at radius 2 is 2.11 bits per heavy atom.